The summed E-state index contributed by atoms with van der Waals surface area (Å²) in [5.74, 6) is 2.62. The van der Waals surface area contributed by atoms with Crippen molar-refractivity contribution in [1.82, 2.24) is 5.32 Å². The number of hydrogen-bond acceptors (Lipinski definition) is 3. The SMILES string of the molecule is CC[C@H](COC)N[C@H]1CCCSC1. The van der Waals surface area contributed by atoms with Gasteiger partial charge in [-0.25, -0.2) is 0 Å². The Morgan fingerprint density at radius 1 is 1.62 bits per heavy atom. The van der Waals surface area contributed by atoms with E-state index in [1.54, 1.807) is 7.11 Å². The van der Waals surface area contributed by atoms with Crippen LogP contribution >= 0.6 is 11.8 Å². The average molecular weight is 203 g/mol. The molecule has 0 aromatic rings. The summed E-state index contributed by atoms with van der Waals surface area (Å²) in [7, 11) is 1.78. The summed E-state index contributed by atoms with van der Waals surface area (Å²) in [6.45, 7) is 3.06. The van der Waals surface area contributed by atoms with E-state index in [1.807, 2.05) is 0 Å². The van der Waals surface area contributed by atoms with Gasteiger partial charge in [0.2, 0.25) is 0 Å². The molecule has 0 radical (unpaired) electrons. The Hall–Kier alpha value is 0.270. The van der Waals surface area contributed by atoms with Crippen molar-refractivity contribution >= 4 is 11.8 Å². The maximum Gasteiger partial charge on any atom is 0.0615 e. The van der Waals surface area contributed by atoms with E-state index in [0.717, 1.165) is 19.1 Å². The summed E-state index contributed by atoms with van der Waals surface area (Å²) in [5.41, 5.74) is 0. The Labute approximate surface area is 85.8 Å². The summed E-state index contributed by atoms with van der Waals surface area (Å²) in [6, 6.07) is 1.27. The van der Waals surface area contributed by atoms with E-state index in [-0.39, 0.29) is 0 Å². The van der Waals surface area contributed by atoms with Gasteiger partial charge in [0.1, 0.15) is 0 Å². The summed E-state index contributed by atoms with van der Waals surface area (Å²) in [4.78, 5) is 0. The van der Waals surface area contributed by atoms with Crippen molar-refractivity contribution in [1.29, 1.82) is 0 Å². The maximum atomic E-state index is 5.17. The standard InChI is InChI=1S/C10H21NOS/c1-3-9(7-12-2)11-10-5-4-6-13-8-10/h9-11H,3-8H2,1-2H3/t9-,10+/m1/s1. The van der Waals surface area contributed by atoms with Gasteiger partial charge in [0, 0.05) is 24.9 Å². The van der Waals surface area contributed by atoms with Crippen LogP contribution in [0, 0.1) is 0 Å². The number of rotatable bonds is 5. The third kappa shape index (κ3) is 4.34. The van der Waals surface area contributed by atoms with Gasteiger partial charge in [0.25, 0.3) is 0 Å². The molecule has 13 heavy (non-hydrogen) atoms. The molecule has 1 heterocycles. The zero-order valence-corrected chi connectivity index (χ0v) is 9.53. The average Bonchev–Trinajstić information content (AvgIpc) is 2.19. The fourth-order valence-corrected chi connectivity index (χ4v) is 2.78. The lowest BCUT2D eigenvalue weighted by Gasteiger charge is -2.27. The molecule has 3 heteroatoms. The quantitative estimate of drug-likeness (QED) is 0.737. The van der Waals surface area contributed by atoms with Gasteiger partial charge in [0.15, 0.2) is 0 Å². The number of nitrogens with one attached hydrogen (secondary N) is 1. The van der Waals surface area contributed by atoms with Gasteiger partial charge in [0.05, 0.1) is 6.61 Å². The predicted octanol–water partition coefficient (Wildman–Crippen LogP) is 1.90. The normalized spacial score (nSPS) is 25.8. The lowest BCUT2D eigenvalue weighted by Crippen LogP contribution is -2.43. The van der Waals surface area contributed by atoms with Crippen molar-refractivity contribution in [2.45, 2.75) is 38.3 Å². The highest BCUT2D eigenvalue weighted by atomic mass is 32.2. The summed E-state index contributed by atoms with van der Waals surface area (Å²) in [5, 5.41) is 3.66. The van der Waals surface area contributed by atoms with Gasteiger partial charge in [-0.05, 0) is 25.0 Å². The second-order valence-electron chi connectivity index (χ2n) is 3.64. The molecule has 1 aliphatic rings. The summed E-state index contributed by atoms with van der Waals surface area (Å²) >= 11 is 2.07. The molecule has 1 N–H and O–H groups in total. The van der Waals surface area contributed by atoms with E-state index in [9.17, 15) is 0 Å². The number of ether oxygens (including phenoxy) is 1. The third-order valence-corrected chi connectivity index (χ3v) is 3.71. The van der Waals surface area contributed by atoms with Crippen LogP contribution in [-0.2, 0) is 4.74 Å². The van der Waals surface area contributed by atoms with Crippen molar-refractivity contribution in [3.63, 3.8) is 0 Å². The van der Waals surface area contributed by atoms with Crippen LogP contribution < -0.4 is 5.32 Å². The predicted molar refractivity (Wildman–Crippen MR) is 59.4 cm³/mol. The lowest BCUT2D eigenvalue weighted by atomic mass is 10.1. The van der Waals surface area contributed by atoms with Crippen LogP contribution in [0.5, 0.6) is 0 Å². The zero-order valence-electron chi connectivity index (χ0n) is 8.71. The molecule has 2 atom stereocenters. The van der Waals surface area contributed by atoms with Crippen LogP contribution in [0.1, 0.15) is 26.2 Å². The monoisotopic (exact) mass is 203 g/mol. The molecular weight excluding hydrogens is 182 g/mol. The number of methoxy groups -OCH3 is 1. The van der Waals surface area contributed by atoms with Crippen LogP contribution in [0.2, 0.25) is 0 Å². The molecule has 0 saturated carbocycles. The highest BCUT2D eigenvalue weighted by Crippen LogP contribution is 2.17. The van der Waals surface area contributed by atoms with Gasteiger partial charge < -0.3 is 10.1 Å². The Bertz CT molecular complexity index is 123. The lowest BCUT2D eigenvalue weighted by molar-refractivity contribution is 0.158. The van der Waals surface area contributed by atoms with Gasteiger partial charge in [-0.15, -0.1) is 0 Å². The molecule has 78 valence electrons. The summed E-state index contributed by atoms with van der Waals surface area (Å²) in [6.07, 6.45) is 3.87. The van der Waals surface area contributed by atoms with Gasteiger partial charge in [-0.3, -0.25) is 0 Å². The van der Waals surface area contributed by atoms with E-state index in [0.29, 0.717) is 6.04 Å². The highest BCUT2D eigenvalue weighted by Gasteiger charge is 2.16. The van der Waals surface area contributed by atoms with Gasteiger partial charge >= 0.3 is 0 Å². The minimum Gasteiger partial charge on any atom is -0.383 e. The van der Waals surface area contributed by atoms with Crippen LogP contribution in [0.4, 0.5) is 0 Å². The molecule has 1 aliphatic heterocycles. The Kier molecular flexibility index (Phi) is 5.83. The third-order valence-electron chi connectivity index (χ3n) is 2.49. The minimum atomic E-state index is 0.550. The molecule has 0 spiro atoms. The molecule has 2 nitrogen and oxygen atoms in total. The van der Waals surface area contributed by atoms with E-state index in [1.165, 1.54) is 24.3 Å². The second-order valence-corrected chi connectivity index (χ2v) is 4.79. The molecule has 0 unspecified atom stereocenters. The number of hydrogen-bond donors (Lipinski definition) is 1. The van der Waals surface area contributed by atoms with Crippen LogP contribution in [-0.4, -0.2) is 37.3 Å². The first kappa shape index (κ1) is 11.3. The smallest absolute Gasteiger partial charge is 0.0615 e. The van der Waals surface area contributed by atoms with Gasteiger partial charge in [-0.1, -0.05) is 6.92 Å². The molecule has 0 amide bonds. The second kappa shape index (κ2) is 6.68. The zero-order chi connectivity index (χ0) is 9.52. The molecule has 1 rings (SSSR count). The van der Waals surface area contributed by atoms with E-state index >= 15 is 0 Å². The molecule has 1 fully saturated rings. The van der Waals surface area contributed by atoms with E-state index < -0.39 is 0 Å². The Morgan fingerprint density at radius 2 is 2.46 bits per heavy atom. The Balaban J connectivity index is 2.18. The van der Waals surface area contributed by atoms with Crippen molar-refractivity contribution < 1.29 is 4.74 Å². The first-order valence-corrected chi connectivity index (χ1v) is 6.35. The van der Waals surface area contributed by atoms with Crippen molar-refractivity contribution in [2.75, 3.05) is 25.2 Å². The largest absolute Gasteiger partial charge is 0.383 e. The van der Waals surface area contributed by atoms with Crippen molar-refractivity contribution in [3.8, 4) is 0 Å². The van der Waals surface area contributed by atoms with E-state index in [4.69, 9.17) is 4.74 Å². The molecule has 0 aromatic carbocycles. The first-order chi connectivity index (χ1) is 6.36. The topological polar surface area (TPSA) is 21.3 Å². The van der Waals surface area contributed by atoms with Crippen molar-refractivity contribution in [3.05, 3.63) is 0 Å². The van der Waals surface area contributed by atoms with Crippen LogP contribution in [0.3, 0.4) is 0 Å². The maximum absolute atomic E-state index is 5.17. The summed E-state index contributed by atoms with van der Waals surface area (Å²) < 4.78 is 5.17. The molecule has 0 aliphatic carbocycles. The fraction of sp³-hybridized carbons (Fsp3) is 1.00. The first-order valence-electron chi connectivity index (χ1n) is 5.19. The molecule has 0 bridgehead atoms. The number of thioether (sulfide) groups is 1. The molecule has 0 aromatic heterocycles. The van der Waals surface area contributed by atoms with Gasteiger partial charge in [-0.2, -0.15) is 11.8 Å². The molecular formula is C10H21NOS. The van der Waals surface area contributed by atoms with E-state index in [2.05, 4.69) is 24.0 Å². The van der Waals surface area contributed by atoms with Crippen LogP contribution in [0.15, 0.2) is 0 Å². The fourth-order valence-electron chi connectivity index (χ4n) is 1.69. The highest BCUT2D eigenvalue weighted by molar-refractivity contribution is 7.99. The van der Waals surface area contributed by atoms with Crippen molar-refractivity contribution in [2.24, 2.45) is 0 Å². The Morgan fingerprint density at radius 3 is 3.00 bits per heavy atom. The molecule has 1 saturated heterocycles. The van der Waals surface area contributed by atoms with Crippen LogP contribution in [0.25, 0.3) is 0 Å². The minimum absolute atomic E-state index is 0.550.